The van der Waals surface area contributed by atoms with Crippen LogP contribution in [-0.4, -0.2) is 20.2 Å². The molecule has 0 saturated carbocycles. The summed E-state index contributed by atoms with van der Waals surface area (Å²) in [5.41, 5.74) is 3.96. The minimum Gasteiger partial charge on any atom is -0.494 e. The van der Waals surface area contributed by atoms with Crippen molar-refractivity contribution < 1.29 is 19.7 Å². The molecule has 0 radical (unpaired) electrons. The first-order chi connectivity index (χ1) is 18.4. The molecule has 0 bridgehead atoms. The molecule has 5 aromatic rings. The van der Waals surface area contributed by atoms with Gasteiger partial charge in [0, 0.05) is 12.8 Å². The number of nitrogens with one attached hydrogen (secondary N) is 2. The van der Waals surface area contributed by atoms with Crippen LogP contribution in [-0.2, 0) is 26.1 Å². The first kappa shape index (κ1) is 25.4. The van der Waals surface area contributed by atoms with Crippen molar-refractivity contribution in [1.82, 2.24) is 9.97 Å². The molecule has 2 aromatic heterocycles. The van der Waals surface area contributed by atoms with E-state index >= 15 is 0 Å². The normalized spacial score (nSPS) is 10.9. The van der Waals surface area contributed by atoms with Crippen molar-refractivity contribution in [1.29, 1.82) is 0 Å². The van der Waals surface area contributed by atoms with Gasteiger partial charge < -0.3 is 19.7 Å². The Hall–Kier alpha value is -4.28. The summed E-state index contributed by atoms with van der Waals surface area (Å²) >= 11 is 2.01. The summed E-state index contributed by atoms with van der Waals surface area (Å²) < 4.78 is 11.9. The monoisotopic (exact) mass is 548 g/mol. The van der Waals surface area contributed by atoms with Gasteiger partial charge in [-0.2, -0.15) is 0 Å². The van der Waals surface area contributed by atoms with Crippen LogP contribution in [0.15, 0.2) is 82.4 Å². The maximum atomic E-state index is 11.4. The largest absolute Gasteiger partial charge is 0.494 e. The van der Waals surface area contributed by atoms with Gasteiger partial charge in [-0.15, -0.1) is 0 Å². The number of thiazole rings is 2. The first-order valence-electron chi connectivity index (χ1n) is 11.7. The Morgan fingerprint density at radius 3 is 1.39 bits per heavy atom. The van der Waals surface area contributed by atoms with Gasteiger partial charge in [0.15, 0.2) is 0 Å². The van der Waals surface area contributed by atoms with Crippen LogP contribution in [0.3, 0.4) is 0 Å². The molecule has 0 fully saturated rings. The predicted molar refractivity (Wildman–Crippen MR) is 147 cm³/mol. The van der Waals surface area contributed by atoms with Crippen molar-refractivity contribution in [2.75, 3.05) is 0 Å². The lowest BCUT2D eigenvalue weighted by Gasteiger charge is -2.10. The van der Waals surface area contributed by atoms with Crippen LogP contribution < -0.4 is 19.2 Å². The molecule has 0 spiro atoms. The molecule has 194 valence electrons. The number of hydrogen-bond donors (Lipinski definition) is 4. The Bertz CT molecular complexity index is 1510. The Morgan fingerprint density at radius 2 is 1.03 bits per heavy atom. The molecular formula is C28H24N2O6S2. The number of H-pyrrole nitrogens is 2. The van der Waals surface area contributed by atoms with Crippen LogP contribution in [0.25, 0.3) is 0 Å². The standard InChI is InChI=1S/C28H24N2O6S2/c31-25-23(37-27(33)29-25)13-17-4-8-21(9-5-17)35-15-19-2-1-3-20(12-19)16-36-22-10-6-18(7-11-22)14-24-26(32)30-28(34)38-24/h1-12,31-32H,13-16H2,(H,29,33)(H,30,34). The molecule has 10 heteroatoms. The van der Waals surface area contributed by atoms with Crippen molar-refractivity contribution in [2.45, 2.75) is 26.1 Å². The van der Waals surface area contributed by atoms with Gasteiger partial charge in [-0.3, -0.25) is 19.6 Å². The highest BCUT2D eigenvalue weighted by Gasteiger charge is 2.09. The van der Waals surface area contributed by atoms with E-state index in [0.29, 0.717) is 35.8 Å². The van der Waals surface area contributed by atoms with Crippen LogP contribution in [0.2, 0.25) is 0 Å². The van der Waals surface area contributed by atoms with Crippen molar-refractivity contribution in [3.63, 3.8) is 0 Å². The number of aromatic nitrogens is 2. The molecular weight excluding hydrogens is 524 g/mol. The summed E-state index contributed by atoms with van der Waals surface area (Å²) in [6, 6.07) is 23.1. The molecule has 4 N–H and O–H groups in total. The van der Waals surface area contributed by atoms with Gasteiger partial charge in [-0.1, -0.05) is 65.1 Å². The molecule has 0 saturated heterocycles. The summed E-state index contributed by atoms with van der Waals surface area (Å²) in [5.74, 6) is 1.30. The number of rotatable bonds is 10. The van der Waals surface area contributed by atoms with Gasteiger partial charge in [-0.25, -0.2) is 0 Å². The zero-order valence-electron chi connectivity index (χ0n) is 20.1. The molecule has 0 atom stereocenters. The minimum atomic E-state index is -0.269. The van der Waals surface area contributed by atoms with Gasteiger partial charge in [-0.05, 0) is 52.6 Å². The highest BCUT2D eigenvalue weighted by Crippen LogP contribution is 2.24. The van der Waals surface area contributed by atoms with Crippen molar-refractivity contribution in [3.05, 3.63) is 124 Å². The second-order valence-corrected chi connectivity index (χ2v) is 10.7. The molecule has 0 amide bonds. The SMILES string of the molecule is O=c1[nH]c(O)c(Cc2ccc(OCc3cccc(COc4ccc(Cc5sc(=O)[nH]c5O)cc4)c3)cc2)s1. The molecule has 0 aliphatic carbocycles. The van der Waals surface area contributed by atoms with E-state index in [2.05, 4.69) is 9.97 Å². The summed E-state index contributed by atoms with van der Waals surface area (Å²) in [4.78, 5) is 28.1. The van der Waals surface area contributed by atoms with Crippen LogP contribution >= 0.6 is 22.7 Å². The fraction of sp³-hybridized carbons (Fsp3) is 0.143. The third kappa shape index (κ3) is 6.53. The molecule has 0 aliphatic rings. The summed E-state index contributed by atoms with van der Waals surface area (Å²) in [6.45, 7) is 0.806. The van der Waals surface area contributed by atoms with E-state index in [-0.39, 0.29) is 21.5 Å². The van der Waals surface area contributed by atoms with E-state index in [4.69, 9.17) is 9.47 Å². The van der Waals surface area contributed by atoms with E-state index in [1.807, 2.05) is 72.8 Å². The lowest BCUT2D eigenvalue weighted by Crippen LogP contribution is -1.99. The Labute approximate surface area is 225 Å². The molecule has 8 nitrogen and oxygen atoms in total. The Morgan fingerprint density at radius 1 is 0.605 bits per heavy atom. The Kier molecular flexibility index (Phi) is 7.62. The zero-order valence-corrected chi connectivity index (χ0v) is 21.7. The van der Waals surface area contributed by atoms with Gasteiger partial charge in [0.1, 0.15) is 24.7 Å². The average Bonchev–Trinajstić information content (AvgIpc) is 3.41. The minimum absolute atomic E-state index is 0.0739. The number of ether oxygens (including phenoxy) is 2. The van der Waals surface area contributed by atoms with Crippen molar-refractivity contribution >= 4 is 22.7 Å². The van der Waals surface area contributed by atoms with Crippen molar-refractivity contribution in [2.24, 2.45) is 0 Å². The van der Waals surface area contributed by atoms with Crippen LogP contribution in [0.5, 0.6) is 23.3 Å². The van der Waals surface area contributed by atoms with Crippen LogP contribution in [0.4, 0.5) is 0 Å². The second-order valence-electron chi connectivity index (χ2n) is 8.61. The molecule has 3 aromatic carbocycles. The lowest BCUT2D eigenvalue weighted by molar-refractivity contribution is 0.300. The quantitative estimate of drug-likeness (QED) is 0.196. The third-order valence-corrected chi connectivity index (χ3v) is 7.52. The summed E-state index contributed by atoms with van der Waals surface area (Å²) in [6.07, 6.45) is 0.944. The molecule has 2 heterocycles. The Balaban J connectivity index is 1.12. The molecule has 5 rings (SSSR count). The van der Waals surface area contributed by atoms with Gasteiger partial charge >= 0.3 is 9.75 Å². The smallest absolute Gasteiger partial charge is 0.307 e. The topological polar surface area (TPSA) is 125 Å². The van der Waals surface area contributed by atoms with Crippen LogP contribution in [0.1, 0.15) is 32.0 Å². The molecule has 0 unspecified atom stereocenters. The van der Waals surface area contributed by atoms with E-state index in [1.165, 1.54) is 0 Å². The lowest BCUT2D eigenvalue weighted by atomic mass is 10.1. The number of aromatic amines is 2. The number of benzene rings is 3. The van der Waals surface area contributed by atoms with E-state index in [1.54, 1.807) is 0 Å². The molecule has 0 aliphatic heterocycles. The number of aromatic hydroxyl groups is 2. The fourth-order valence-corrected chi connectivity index (χ4v) is 5.38. The highest BCUT2D eigenvalue weighted by atomic mass is 32.1. The first-order valence-corrected chi connectivity index (χ1v) is 13.4. The fourth-order valence-electron chi connectivity index (χ4n) is 3.86. The van der Waals surface area contributed by atoms with E-state index < -0.39 is 0 Å². The van der Waals surface area contributed by atoms with Crippen molar-refractivity contribution in [3.8, 4) is 23.3 Å². The molecule has 38 heavy (non-hydrogen) atoms. The maximum absolute atomic E-state index is 11.4. The second kappa shape index (κ2) is 11.4. The number of hydrogen-bond acceptors (Lipinski definition) is 8. The third-order valence-electron chi connectivity index (χ3n) is 5.78. The maximum Gasteiger partial charge on any atom is 0.307 e. The van der Waals surface area contributed by atoms with Crippen LogP contribution in [0, 0.1) is 0 Å². The summed E-state index contributed by atoms with van der Waals surface area (Å²) in [5, 5.41) is 19.5. The highest BCUT2D eigenvalue weighted by molar-refractivity contribution is 7.09. The van der Waals surface area contributed by atoms with Gasteiger partial charge in [0.05, 0.1) is 9.75 Å². The van der Waals surface area contributed by atoms with Gasteiger partial charge in [0.2, 0.25) is 11.8 Å². The van der Waals surface area contributed by atoms with E-state index in [9.17, 15) is 19.8 Å². The summed E-state index contributed by atoms with van der Waals surface area (Å²) in [7, 11) is 0. The zero-order chi connectivity index (χ0) is 26.5. The average molecular weight is 549 g/mol. The van der Waals surface area contributed by atoms with E-state index in [0.717, 1.165) is 56.4 Å². The van der Waals surface area contributed by atoms with Gasteiger partial charge in [0.25, 0.3) is 0 Å². The predicted octanol–water partition coefficient (Wildman–Crippen LogP) is 4.94.